The van der Waals surface area contributed by atoms with Crippen LogP contribution in [0.5, 0.6) is 0 Å². The smallest absolute Gasteiger partial charge is 0.253 e. The van der Waals surface area contributed by atoms with Gasteiger partial charge in [-0.25, -0.2) is 4.98 Å². The van der Waals surface area contributed by atoms with Crippen LogP contribution in [0.4, 0.5) is 0 Å². The van der Waals surface area contributed by atoms with Crippen molar-refractivity contribution in [3.05, 3.63) is 28.9 Å². The SMILES string of the molecule is CC(C)C(C)NCCn1cnccc1=O. The molecular weight excluding hydrogens is 190 g/mol. The molecule has 0 radical (unpaired) electrons. The average molecular weight is 209 g/mol. The van der Waals surface area contributed by atoms with Crippen LogP contribution < -0.4 is 10.9 Å². The molecule has 84 valence electrons. The lowest BCUT2D eigenvalue weighted by Crippen LogP contribution is -2.35. The zero-order valence-corrected chi connectivity index (χ0v) is 9.60. The largest absolute Gasteiger partial charge is 0.312 e. The van der Waals surface area contributed by atoms with Gasteiger partial charge in [-0.05, 0) is 12.8 Å². The first-order chi connectivity index (χ1) is 7.11. The normalized spacial score (nSPS) is 13.1. The Morgan fingerprint density at radius 2 is 2.20 bits per heavy atom. The van der Waals surface area contributed by atoms with Gasteiger partial charge < -0.3 is 5.32 Å². The third-order valence-electron chi connectivity index (χ3n) is 2.61. The van der Waals surface area contributed by atoms with Gasteiger partial charge in [0.15, 0.2) is 0 Å². The summed E-state index contributed by atoms with van der Waals surface area (Å²) >= 11 is 0. The molecule has 0 aliphatic carbocycles. The van der Waals surface area contributed by atoms with E-state index in [1.54, 1.807) is 10.9 Å². The van der Waals surface area contributed by atoms with Crippen molar-refractivity contribution in [1.82, 2.24) is 14.9 Å². The lowest BCUT2D eigenvalue weighted by Gasteiger charge is -2.17. The third-order valence-corrected chi connectivity index (χ3v) is 2.61. The number of nitrogens with one attached hydrogen (secondary N) is 1. The number of aromatic nitrogens is 2. The van der Waals surface area contributed by atoms with Gasteiger partial charge in [0.2, 0.25) is 0 Å². The molecule has 0 aliphatic heterocycles. The van der Waals surface area contributed by atoms with E-state index in [1.165, 1.54) is 12.3 Å². The zero-order valence-electron chi connectivity index (χ0n) is 9.60. The maximum atomic E-state index is 11.3. The Kier molecular flexibility index (Phi) is 4.49. The molecule has 15 heavy (non-hydrogen) atoms. The molecule has 0 saturated heterocycles. The van der Waals surface area contributed by atoms with Gasteiger partial charge in [-0.15, -0.1) is 0 Å². The number of hydrogen-bond donors (Lipinski definition) is 1. The summed E-state index contributed by atoms with van der Waals surface area (Å²) in [5.74, 6) is 0.607. The number of rotatable bonds is 5. The molecule has 0 bridgehead atoms. The van der Waals surface area contributed by atoms with Crippen LogP contribution in [0, 0.1) is 5.92 Å². The van der Waals surface area contributed by atoms with Gasteiger partial charge in [-0.1, -0.05) is 13.8 Å². The fourth-order valence-corrected chi connectivity index (χ4v) is 1.19. The highest BCUT2D eigenvalue weighted by molar-refractivity contribution is 4.82. The van der Waals surface area contributed by atoms with Crippen LogP contribution in [-0.4, -0.2) is 22.1 Å². The Hall–Kier alpha value is -1.16. The molecule has 0 aromatic carbocycles. The molecule has 1 aromatic rings. The van der Waals surface area contributed by atoms with Gasteiger partial charge in [0.25, 0.3) is 5.56 Å². The zero-order chi connectivity index (χ0) is 11.3. The van der Waals surface area contributed by atoms with Crippen LogP contribution in [-0.2, 0) is 6.54 Å². The van der Waals surface area contributed by atoms with E-state index < -0.39 is 0 Å². The summed E-state index contributed by atoms with van der Waals surface area (Å²) in [7, 11) is 0. The highest BCUT2D eigenvalue weighted by Gasteiger charge is 2.05. The predicted octanol–water partition coefficient (Wildman–Crippen LogP) is 0.877. The highest BCUT2D eigenvalue weighted by atomic mass is 16.1. The number of nitrogens with zero attached hydrogens (tertiary/aromatic N) is 2. The Morgan fingerprint density at radius 1 is 1.47 bits per heavy atom. The molecule has 1 aromatic heterocycles. The van der Waals surface area contributed by atoms with Crippen molar-refractivity contribution in [3.63, 3.8) is 0 Å². The Morgan fingerprint density at radius 3 is 2.80 bits per heavy atom. The quantitative estimate of drug-likeness (QED) is 0.783. The topological polar surface area (TPSA) is 46.9 Å². The molecule has 4 nitrogen and oxygen atoms in total. The van der Waals surface area contributed by atoms with Crippen LogP contribution in [0.2, 0.25) is 0 Å². The maximum Gasteiger partial charge on any atom is 0.253 e. The van der Waals surface area contributed by atoms with E-state index in [0.29, 0.717) is 18.5 Å². The lowest BCUT2D eigenvalue weighted by atomic mass is 10.1. The fourth-order valence-electron chi connectivity index (χ4n) is 1.19. The van der Waals surface area contributed by atoms with Crippen molar-refractivity contribution in [3.8, 4) is 0 Å². The van der Waals surface area contributed by atoms with Crippen LogP contribution in [0.3, 0.4) is 0 Å². The molecule has 0 aliphatic rings. The highest BCUT2D eigenvalue weighted by Crippen LogP contribution is 1.98. The van der Waals surface area contributed by atoms with Crippen molar-refractivity contribution in [2.45, 2.75) is 33.4 Å². The van der Waals surface area contributed by atoms with Crippen LogP contribution in [0.25, 0.3) is 0 Å². The monoisotopic (exact) mass is 209 g/mol. The van der Waals surface area contributed by atoms with E-state index >= 15 is 0 Å². The molecular formula is C11H19N3O. The van der Waals surface area contributed by atoms with E-state index in [4.69, 9.17) is 0 Å². The van der Waals surface area contributed by atoms with Crippen LogP contribution >= 0.6 is 0 Å². The van der Waals surface area contributed by atoms with Crippen molar-refractivity contribution in [2.75, 3.05) is 6.54 Å². The summed E-state index contributed by atoms with van der Waals surface area (Å²) in [5.41, 5.74) is 0.00370. The van der Waals surface area contributed by atoms with Crippen molar-refractivity contribution < 1.29 is 0 Å². The van der Waals surface area contributed by atoms with Gasteiger partial charge in [0.1, 0.15) is 0 Å². The lowest BCUT2D eigenvalue weighted by molar-refractivity contribution is 0.414. The summed E-state index contributed by atoms with van der Waals surface area (Å²) in [6, 6.07) is 1.95. The molecule has 1 rings (SSSR count). The van der Waals surface area contributed by atoms with Crippen LogP contribution in [0.15, 0.2) is 23.4 Å². The van der Waals surface area contributed by atoms with E-state index in [0.717, 1.165) is 6.54 Å². The first-order valence-corrected chi connectivity index (χ1v) is 5.35. The van der Waals surface area contributed by atoms with Crippen molar-refractivity contribution in [1.29, 1.82) is 0 Å². The van der Waals surface area contributed by atoms with Crippen molar-refractivity contribution >= 4 is 0 Å². The van der Waals surface area contributed by atoms with E-state index in [9.17, 15) is 4.79 Å². The Labute approximate surface area is 90.3 Å². The van der Waals surface area contributed by atoms with Gasteiger partial charge in [-0.2, -0.15) is 0 Å². The molecule has 1 heterocycles. The standard InChI is InChI=1S/C11H19N3O/c1-9(2)10(3)13-6-7-14-8-12-5-4-11(14)15/h4-5,8-10,13H,6-7H2,1-3H3. The minimum Gasteiger partial charge on any atom is -0.312 e. The van der Waals surface area contributed by atoms with E-state index in [1.807, 2.05) is 0 Å². The van der Waals surface area contributed by atoms with E-state index in [2.05, 4.69) is 31.1 Å². The summed E-state index contributed by atoms with van der Waals surface area (Å²) < 4.78 is 1.61. The maximum absolute atomic E-state index is 11.3. The van der Waals surface area contributed by atoms with Gasteiger partial charge in [0.05, 0.1) is 6.33 Å². The summed E-state index contributed by atoms with van der Waals surface area (Å²) in [5, 5.41) is 3.37. The summed E-state index contributed by atoms with van der Waals surface area (Å²) in [4.78, 5) is 15.2. The Bertz CT molecular complexity index is 346. The number of hydrogen-bond acceptors (Lipinski definition) is 3. The van der Waals surface area contributed by atoms with E-state index in [-0.39, 0.29) is 5.56 Å². The van der Waals surface area contributed by atoms with Gasteiger partial charge in [-0.3, -0.25) is 9.36 Å². The second kappa shape index (κ2) is 5.66. The third kappa shape index (κ3) is 3.83. The van der Waals surface area contributed by atoms with Gasteiger partial charge >= 0.3 is 0 Å². The minimum absolute atomic E-state index is 0.00370. The first kappa shape index (κ1) is 11.9. The molecule has 1 unspecified atom stereocenters. The second-order valence-corrected chi connectivity index (χ2v) is 4.10. The molecule has 0 amide bonds. The van der Waals surface area contributed by atoms with Crippen molar-refractivity contribution in [2.24, 2.45) is 5.92 Å². The molecule has 0 spiro atoms. The first-order valence-electron chi connectivity index (χ1n) is 5.35. The average Bonchev–Trinajstić information content (AvgIpc) is 2.20. The summed E-state index contributed by atoms with van der Waals surface area (Å²) in [6.07, 6.45) is 3.09. The summed E-state index contributed by atoms with van der Waals surface area (Å²) in [6.45, 7) is 7.97. The second-order valence-electron chi connectivity index (χ2n) is 4.10. The minimum atomic E-state index is 0.00370. The molecule has 0 fully saturated rings. The Balaban J connectivity index is 2.39. The molecule has 4 heteroatoms. The molecule has 0 saturated carbocycles. The van der Waals surface area contributed by atoms with Gasteiger partial charge in [0, 0.05) is 31.4 Å². The fraction of sp³-hybridized carbons (Fsp3) is 0.636. The van der Waals surface area contributed by atoms with Crippen LogP contribution in [0.1, 0.15) is 20.8 Å². The molecule has 1 N–H and O–H groups in total. The molecule has 1 atom stereocenters. The predicted molar refractivity (Wildman–Crippen MR) is 60.8 cm³/mol.